The molecule has 0 saturated carbocycles. The van der Waals surface area contributed by atoms with Gasteiger partial charge in [0.2, 0.25) is 0 Å². The van der Waals surface area contributed by atoms with E-state index in [1.165, 1.54) is 0 Å². The third-order valence-electron chi connectivity index (χ3n) is 3.35. The van der Waals surface area contributed by atoms with E-state index in [1.54, 1.807) is 6.92 Å². The van der Waals surface area contributed by atoms with E-state index in [2.05, 4.69) is 9.97 Å². The van der Waals surface area contributed by atoms with E-state index >= 15 is 0 Å². The number of halogens is 2. The van der Waals surface area contributed by atoms with Crippen LogP contribution in [0.2, 0.25) is 10.2 Å². The first-order valence-corrected chi connectivity index (χ1v) is 7.17. The number of benzene rings is 1. The van der Waals surface area contributed by atoms with Gasteiger partial charge in [-0.25, -0.2) is 9.97 Å². The lowest BCUT2D eigenvalue weighted by Gasteiger charge is -2.27. The molecule has 1 aromatic heterocycles. The summed E-state index contributed by atoms with van der Waals surface area (Å²) in [7, 11) is 1.86. The van der Waals surface area contributed by atoms with Gasteiger partial charge in [0, 0.05) is 12.1 Å². The number of anilines is 1. The molecule has 1 atom stereocenters. The molecule has 0 bridgehead atoms. The van der Waals surface area contributed by atoms with Gasteiger partial charge < -0.3 is 4.90 Å². The number of carbonyl (C=O) groups excluding carboxylic acids is 1. The summed E-state index contributed by atoms with van der Waals surface area (Å²) in [6.45, 7) is 3.74. The molecule has 0 amide bonds. The first kappa shape index (κ1) is 15.7. The van der Waals surface area contributed by atoms with Crippen LogP contribution in [-0.4, -0.2) is 23.3 Å². The molecule has 21 heavy (non-hydrogen) atoms. The number of hydrogen-bond acceptors (Lipinski definition) is 4. The van der Waals surface area contributed by atoms with Crippen LogP contribution in [0.4, 0.5) is 5.82 Å². The average molecular weight is 324 g/mol. The van der Waals surface area contributed by atoms with Crippen LogP contribution in [0.25, 0.3) is 0 Å². The lowest BCUT2D eigenvalue weighted by Crippen LogP contribution is -2.24. The second kappa shape index (κ2) is 6.41. The maximum absolute atomic E-state index is 11.3. The van der Waals surface area contributed by atoms with Crippen LogP contribution in [-0.2, 0) is 0 Å². The maximum atomic E-state index is 11.3. The van der Waals surface area contributed by atoms with E-state index in [0.29, 0.717) is 28.5 Å². The quantitative estimate of drug-likeness (QED) is 0.627. The van der Waals surface area contributed by atoms with E-state index in [1.807, 2.05) is 43.1 Å². The Kier molecular flexibility index (Phi) is 4.80. The van der Waals surface area contributed by atoms with Crippen molar-refractivity contribution in [1.29, 1.82) is 0 Å². The van der Waals surface area contributed by atoms with Crippen LogP contribution in [0.5, 0.6) is 0 Å². The van der Waals surface area contributed by atoms with Gasteiger partial charge in [-0.1, -0.05) is 35.3 Å². The average Bonchev–Trinajstić information content (AvgIpc) is 2.45. The van der Waals surface area contributed by atoms with Gasteiger partial charge in [0.15, 0.2) is 6.29 Å². The fourth-order valence-corrected chi connectivity index (χ4v) is 2.53. The van der Waals surface area contributed by atoms with Crippen molar-refractivity contribution in [2.24, 2.45) is 0 Å². The van der Waals surface area contributed by atoms with Gasteiger partial charge >= 0.3 is 0 Å². The summed E-state index contributed by atoms with van der Waals surface area (Å²) in [5, 5.41) is 0.831. The number of aldehydes is 1. The second-order valence-corrected chi connectivity index (χ2v) is 5.55. The molecular formula is C15H15Cl2N3O. The largest absolute Gasteiger partial charge is 0.352 e. The molecule has 4 nitrogen and oxygen atoms in total. The molecule has 0 N–H and O–H groups in total. The van der Waals surface area contributed by atoms with Gasteiger partial charge in [-0.05, 0) is 31.5 Å². The molecule has 0 fully saturated rings. The van der Waals surface area contributed by atoms with Crippen molar-refractivity contribution in [2.45, 2.75) is 19.9 Å². The first-order chi connectivity index (χ1) is 9.93. The SMILES string of the molecule is Cc1nc(Cl)c(C=O)c(N(C)C(C)c2cccc(Cl)c2)n1. The molecule has 6 heteroatoms. The molecule has 110 valence electrons. The van der Waals surface area contributed by atoms with Crippen LogP contribution >= 0.6 is 23.2 Å². The number of carbonyl (C=O) groups is 1. The van der Waals surface area contributed by atoms with Gasteiger partial charge in [-0.3, -0.25) is 4.79 Å². The summed E-state index contributed by atoms with van der Waals surface area (Å²) in [5.74, 6) is 1.03. The highest BCUT2D eigenvalue weighted by molar-refractivity contribution is 6.32. The van der Waals surface area contributed by atoms with Crippen molar-refractivity contribution >= 4 is 35.3 Å². The van der Waals surface area contributed by atoms with Crippen molar-refractivity contribution < 1.29 is 4.79 Å². The summed E-state index contributed by atoms with van der Waals surface area (Å²) in [6, 6.07) is 7.55. The molecule has 2 rings (SSSR count). The fourth-order valence-electron chi connectivity index (χ4n) is 2.08. The summed E-state index contributed by atoms with van der Waals surface area (Å²) in [6.07, 6.45) is 0.679. The van der Waals surface area contributed by atoms with Crippen LogP contribution in [0.3, 0.4) is 0 Å². The molecule has 0 aliphatic carbocycles. The van der Waals surface area contributed by atoms with Crippen LogP contribution in [0, 0.1) is 6.92 Å². The predicted molar refractivity (Wildman–Crippen MR) is 85.4 cm³/mol. The molecular weight excluding hydrogens is 309 g/mol. The summed E-state index contributed by atoms with van der Waals surface area (Å²) < 4.78 is 0. The van der Waals surface area contributed by atoms with Gasteiger partial charge in [0.1, 0.15) is 16.8 Å². The number of aromatic nitrogens is 2. The number of hydrogen-bond donors (Lipinski definition) is 0. The van der Waals surface area contributed by atoms with E-state index in [4.69, 9.17) is 23.2 Å². The lowest BCUT2D eigenvalue weighted by molar-refractivity contribution is 0.112. The van der Waals surface area contributed by atoms with Crippen molar-refractivity contribution in [3.8, 4) is 0 Å². The third-order valence-corrected chi connectivity index (χ3v) is 3.88. The number of nitrogens with zero attached hydrogens (tertiary/aromatic N) is 3. The highest BCUT2D eigenvalue weighted by Crippen LogP contribution is 2.29. The van der Waals surface area contributed by atoms with E-state index in [9.17, 15) is 4.79 Å². The van der Waals surface area contributed by atoms with Crippen LogP contribution < -0.4 is 4.90 Å². The summed E-state index contributed by atoms with van der Waals surface area (Å²) >= 11 is 12.1. The lowest BCUT2D eigenvalue weighted by atomic mass is 10.1. The zero-order valence-corrected chi connectivity index (χ0v) is 13.5. The Morgan fingerprint density at radius 2 is 2.00 bits per heavy atom. The van der Waals surface area contributed by atoms with E-state index in [0.717, 1.165) is 5.56 Å². The molecule has 1 unspecified atom stereocenters. The monoisotopic (exact) mass is 323 g/mol. The minimum Gasteiger partial charge on any atom is -0.352 e. The normalized spacial score (nSPS) is 12.0. The highest BCUT2D eigenvalue weighted by atomic mass is 35.5. The summed E-state index contributed by atoms with van der Waals surface area (Å²) in [5.41, 5.74) is 1.31. The van der Waals surface area contributed by atoms with Gasteiger partial charge in [-0.15, -0.1) is 0 Å². The smallest absolute Gasteiger partial charge is 0.156 e. The number of aryl methyl sites for hydroxylation is 1. The Labute approximate surface area is 133 Å². The third kappa shape index (κ3) is 3.34. The molecule has 0 aliphatic heterocycles. The van der Waals surface area contributed by atoms with Crippen molar-refractivity contribution in [3.05, 3.63) is 51.4 Å². The molecule has 0 aliphatic rings. The molecule has 0 radical (unpaired) electrons. The minimum absolute atomic E-state index is 0.0206. The predicted octanol–water partition coefficient (Wildman–Crippen LogP) is 4.10. The maximum Gasteiger partial charge on any atom is 0.156 e. The Bertz CT molecular complexity index is 676. The molecule has 2 aromatic rings. The number of rotatable bonds is 4. The highest BCUT2D eigenvalue weighted by Gasteiger charge is 2.20. The van der Waals surface area contributed by atoms with Gasteiger partial charge in [0.05, 0.1) is 11.6 Å². The second-order valence-electron chi connectivity index (χ2n) is 4.76. The molecule has 0 saturated heterocycles. The fraction of sp³-hybridized carbons (Fsp3) is 0.267. The van der Waals surface area contributed by atoms with E-state index in [-0.39, 0.29) is 11.2 Å². The molecule has 0 spiro atoms. The van der Waals surface area contributed by atoms with Crippen LogP contribution in [0.1, 0.15) is 34.7 Å². The minimum atomic E-state index is -0.0206. The summed E-state index contributed by atoms with van der Waals surface area (Å²) in [4.78, 5) is 21.5. The van der Waals surface area contributed by atoms with E-state index < -0.39 is 0 Å². The molecule has 1 heterocycles. The Morgan fingerprint density at radius 1 is 1.29 bits per heavy atom. The van der Waals surface area contributed by atoms with Crippen molar-refractivity contribution in [3.63, 3.8) is 0 Å². The Balaban J connectivity index is 2.44. The first-order valence-electron chi connectivity index (χ1n) is 6.41. The Morgan fingerprint density at radius 3 is 2.62 bits per heavy atom. The van der Waals surface area contributed by atoms with Crippen LogP contribution in [0.15, 0.2) is 24.3 Å². The molecule has 1 aromatic carbocycles. The zero-order chi connectivity index (χ0) is 15.6. The van der Waals surface area contributed by atoms with Gasteiger partial charge in [0.25, 0.3) is 0 Å². The Hall–Kier alpha value is -1.65. The van der Waals surface area contributed by atoms with Gasteiger partial charge in [-0.2, -0.15) is 0 Å². The standard InChI is InChI=1S/C15H15Cl2N3O/c1-9(11-5-4-6-12(16)7-11)20(3)15-13(8-21)14(17)18-10(2)19-15/h4-9H,1-3H3. The zero-order valence-electron chi connectivity index (χ0n) is 12.0. The van der Waals surface area contributed by atoms with Crippen molar-refractivity contribution in [1.82, 2.24) is 9.97 Å². The topological polar surface area (TPSA) is 46.1 Å². The van der Waals surface area contributed by atoms with Crippen molar-refractivity contribution in [2.75, 3.05) is 11.9 Å².